The SMILES string of the molecule is Cc1nc(-n2[nH]c(C)c(N=Nc3ccc(Cl)cc3)c2=O)nc(Cl)c1C. The van der Waals surface area contributed by atoms with Crippen molar-refractivity contribution in [3.05, 3.63) is 61.7 Å². The van der Waals surface area contributed by atoms with Crippen molar-refractivity contribution >= 4 is 34.6 Å². The summed E-state index contributed by atoms with van der Waals surface area (Å²) < 4.78 is 1.20. The highest BCUT2D eigenvalue weighted by atomic mass is 35.5. The summed E-state index contributed by atoms with van der Waals surface area (Å²) in [5.41, 5.74) is 2.35. The van der Waals surface area contributed by atoms with Gasteiger partial charge in [0.1, 0.15) is 5.15 Å². The molecule has 0 bridgehead atoms. The molecular formula is C16H14Cl2N6O. The first-order chi connectivity index (χ1) is 11.9. The Morgan fingerprint density at radius 3 is 2.36 bits per heavy atom. The van der Waals surface area contributed by atoms with E-state index in [0.717, 1.165) is 5.56 Å². The number of rotatable bonds is 3. The number of aromatic amines is 1. The molecule has 0 radical (unpaired) electrons. The van der Waals surface area contributed by atoms with Gasteiger partial charge in [-0.2, -0.15) is 14.8 Å². The monoisotopic (exact) mass is 376 g/mol. The lowest BCUT2D eigenvalue weighted by molar-refractivity contribution is 0.766. The van der Waals surface area contributed by atoms with Crippen LogP contribution in [0.1, 0.15) is 17.0 Å². The third kappa shape index (κ3) is 3.47. The minimum atomic E-state index is -0.408. The van der Waals surface area contributed by atoms with Crippen LogP contribution in [-0.4, -0.2) is 19.7 Å². The van der Waals surface area contributed by atoms with Gasteiger partial charge in [0.25, 0.3) is 5.95 Å². The van der Waals surface area contributed by atoms with Gasteiger partial charge in [-0.15, -0.1) is 5.11 Å². The summed E-state index contributed by atoms with van der Waals surface area (Å²) >= 11 is 11.9. The quantitative estimate of drug-likeness (QED) is 0.534. The summed E-state index contributed by atoms with van der Waals surface area (Å²) in [6.45, 7) is 5.33. The molecule has 1 aromatic carbocycles. The highest BCUT2D eigenvalue weighted by Crippen LogP contribution is 2.21. The molecule has 2 aromatic heterocycles. The van der Waals surface area contributed by atoms with E-state index < -0.39 is 5.56 Å². The van der Waals surface area contributed by atoms with E-state index in [4.69, 9.17) is 23.2 Å². The van der Waals surface area contributed by atoms with Crippen LogP contribution in [0.5, 0.6) is 0 Å². The van der Waals surface area contributed by atoms with Crippen LogP contribution in [0.15, 0.2) is 39.3 Å². The van der Waals surface area contributed by atoms with Gasteiger partial charge >= 0.3 is 5.56 Å². The topological polar surface area (TPSA) is 88.3 Å². The summed E-state index contributed by atoms with van der Waals surface area (Å²) in [7, 11) is 0. The van der Waals surface area contributed by atoms with Gasteiger partial charge in [0, 0.05) is 16.3 Å². The van der Waals surface area contributed by atoms with Crippen molar-refractivity contribution in [1.82, 2.24) is 19.7 Å². The zero-order chi connectivity index (χ0) is 18.1. The molecule has 0 atom stereocenters. The molecule has 9 heteroatoms. The van der Waals surface area contributed by atoms with Crippen LogP contribution in [0.2, 0.25) is 10.2 Å². The largest absolute Gasteiger partial charge is 0.301 e. The number of nitrogens with one attached hydrogen (secondary N) is 1. The summed E-state index contributed by atoms with van der Waals surface area (Å²) in [6.07, 6.45) is 0. The molecule has 0 amide bonds. The molecule has 0 aliphatic rings. The predicted molar refractivity (Wildman–Crippen MR) is 96.8 cm³/mol. The fraction of sp³-hybridized carbons (Fsp3) is 0.188. The molecule has 0 spiro atoms. The van der Waals surface area contributed by atoms with Crippen molar-refractivity contribution in [1.29, 1.82) is 0 Å². The van der Waals surface area contributed by atoms with Gasteiger partial charge < -0.3 is 0 Å². The summed E-state index contributed by atoms with van der Waals surface area (Å²) in [5.74, 6) is 0.161. The molecule has 2 heterocycles. The third-order valence-electron chi connectivity index (χ3n) is 3.65. The fourth-order valence-electron chi connectivity index (χ4n) is 2.09. The van der Waals surface area contributed by atoms with Crippen LogP contribution in [-0.2, 0) is 0 Å². The second-order valence-electron chi connectivity index (χ2n) is 5.43. The zero-order valence-electron chi connectivity index (χ0n) is 13.7. The molecule has 0 saturated carbocycles. The van der Waals surface area contributed by atoms with Crippen molar-refractivity contribution in [3.63, 3.8) is 0 Å². The highest BCUT2D eigenvalue weighted by Gasteiger charge is 2.16. The van der Waals surface area contributed by atoms with Gasteiger partial charge in [-0.3, -0.25) is 9.89 Å². The maximum atomic E-state index is 12.6. The fourth-order valence-corrected chi connectivity index (χ4v) is 2.43. The number of aryl methyl sites for hydroxylation is 2. The summed E-state index contributed by atoms with van der Waals surface area (Å²) in [5, 5.41) is 11.9. The van der Waals surface area contributed by atoms with Crippen LogP contribution >= 0.6 is 23.2 Å². The standard InChI is InChI=1S/C16H14Cl2N6O/c1-8-9(2)19-16(20-14(8)18)24-15(25)13(10(3)23-24)22-21-12-6-4-11(17)5-7-12/h4-7,23H,1-3H3. The number of nitrogens with zero attached hydrogens (tertiary/aromatic N) is 5. The number of aromatic nitrogens is 4. The van der Waals surface area contributed by atoms with Crippen LogP contribution in [0, 0.1) is 20.8 Å². The average Bonchev–Trinajstić information content (AvgIpc) is 2.86. The molecule has 0 aliphatic heterocycles. The summed E-state index contributed by atoms with van der Waals surface area (Å²) in [4.78, 5) is 21.0. The Balaban J connectivity index is 2.02. The molecule has 0 aliphatic carbocycles. The average molecular weight is 377 g/mol. The van der Waals surface area contributed by atoms with Crippen molar-refractivity contribution < 1.29 is 0 Å². The van der Waals surface area contributed by atoms with Gasteiger partial charge in [0.15, 0.2) is 5.69 Å². The number of azo groups is 1. The van der Waals surface area contributed by atoms with Gasteiger partial charge in [-0.1, -0.05) is 23.2 Å². The normalized spacial score (nSPS) is 11.4. The number of halogens is 2. The molecule has 7 nitrogen and oxygen atoms in total. The van der Waals surface area contributed by atoms with Crippen molar-refractivity contribution in [3.8, 4) is 5.95 Å². The predicted octanol–water partition coefficient (Wildman–Crippen LogP) is 4.60. The van der Waals surface area contributed by atoms with Gasteiger partial charge in [-0.25, -0.2) is 4.98 Å². The number of benzene rings is 1. The minimum absolute atomic E-state index is 0.161. The third-order valence-corrected chi connectivity index (χ3v) is 4.27. The molecule has 25 heavy (non-hydrogen) atoms. The van der Waals surface area contributed by atoms with E-state index in [1.165, 1.54) is 4.68 Å². The zero-order valence-corrected chi connectivity index (χ0v) is 15.2. The van der Waals surface area contributed by atoms with E-state index in [1.807, 2.05) is 6.92 Å². The Hall–Kier alpha value is -2.51. The van der Waals surface area contributed by atoms with Crippen LogP contribution in [0.3, 0.4) is 0 Å². The Bertz CT molecular complexity index is 997. The van der Waals surface area contributed by atoms with Crippen LogP contribution < -0.4 is 5.56 Å². The molecular weight excluding hydrogens is 363 g/mol. The maximum Gasteiger partial charge on any atom is 0.301 e. The second-order valence-corrected chi connectivity index (χ2v) is 6.22. The molecule has 0 unspecified atom stereocenters. The van der Waals surface area contributed by atoms with E-state index in [9.17, 15) is 4.79 Å². The van der Waals surface area contributed by atoms with Gasteiger partial charge in [0.05, 0.1) is 11.4 Å². The number of H-pyrrole nitrogens is 1. The first kappa shape index (κ1) is 17.3. The van der Waals surface area contributed by atoms with E-state index in [1.54, 1.807) is 38.1 Å². The van der Waals surface area contributed by atoms with E-state index in [0.29, 0.717) is 27.3 Å². The number of hydrogen-bond acceptors (Lipinski definition) is 5. The Kier molecular flexibility index (Phi) is 4.69. The second kappa shape index (κ2) is 6.78. The highest BCUT2D eigenvalue weighted by molar-refractivity contribution is 6.30. The van der Waals surface area contributed by atoms with Gasteiger partial charge in [0.2, 0.25) is 0 Å². The minimum Gasteiger partial charge on any atom is -0.290 e. The summed E-state index contributed by atoms with van der Waals surface area (Å²) in [6, 6.07) is 6.81. The van der Waals surface area contributed by atoms with Crippen molar-refractivity contribution in [2.24, 2.45) is 10.2 Å². The first-order valence-corrected chi connectivity index (χ1v) is 8.12. The first-order valence-electron chi connectivity index (χ1n) is 7.37. The van der Waals surface area contributed by atoms with Crippen molar-refractivity contribution in [2.45, 2.75) is 20.8 Å². The number of hydrogen-bond donors (Lipinski definition) is 1. The lowest BCUT2D eigenvalue weighted by atomic mass is 10.3. The van der Waals surface area contributed by atoms with Crippen LogP contribution in [0.25, 0.3) is 5.95 Å². The lowest BCUT2D eigenvalue weighted by Gasteiger charge is -2.05. The Morgan fingerprint density at radius 1 is 1.04 bits per heavy atom. The van der Waals surface area contributed by atoms with Gasteiger partial charge in [-0.05, 0) is 45.0 Å². The van der Waals surface area contributed by atoms with E-state index in [2.05, 4.69) is 25.3 Å². The molecule has 3 rings (SSSR count). The van der Waals surface area contributed by atoms with E-state index in [-0.39, 0.29) is 11.6 Å². The maximum absolute atomic E-state index is 12.6. The Morgan fingerprint density at radius 2 is 1.72 bits per heavy atom. The molecule has 0 saturated heterocycles. The van der Waals surface area contributed by atoms with Crippen LogP contribution in [0.4, 0.5) is 11.4 Å². The lowest BCUT2D eigenvalue weighted by Crippen LogP contribution is -2.18. The molecule has 128 valence electrons. The molecule has 3 aromatic rings. The van der Waals surface area contributed by atoms with Crippen molar-refractivity contribution in [2.75, 3.05) is 0 Å². The Labute approximate surface area is 153 Å². The molecule has 1 N–H and O–H groups in total. The van der Waals surface area contributed by atoms with E-state index >= 15 is 0 Å². The molecule has 0 fully saturated rings. The smallest absolute Gasteiger partial charge is 0.290 e.